The van der Waals surface area contributed by atoms with Crippen LogP contribution in [0.4, 0.5) is 0 Å². The second-order valence-corrected chi connectivity index (χ2v) is 7.84. The molecule has 0 aromatic heterocycles. The summed E-state index contributed by atoms with van der Waals surface area (Å²) in [6.45, 7) is 3.94. The molecule has 6 heteroatoms. The molecule has 0 bridgehead atoms. The number of hydrogen-bond donors (Lipinski definition) is 3. The maximum absolute atomic E-state index is 9.83. The molecule has 0 amide bonds. The molecule has 1 aliphatic rings. The van der Waals surface area contributed by atoms with E-state index in [2.05, 4.69) is 10.6 Å². The summed E-state index contributed by atoms with van der Waals surface area (Å²) < 4.78 is 11.9. The zero-order chi connectivity index (χ0) is 21.9. The monoisotopic (exact) mass is 425 g/mol. The number of aliphatic hydroxyl groups is 1. The third-order valence-electron chi connectivity index (χ3n) is 5.63. The van der Waals surface area contributed by atoms with Crippen molar-refractivity contribution in [2.24, 2.45) is 4.99 Å². The Morgan fingerprint density at radius 2 is 1.87 bits per heavy atom. The Balaban J connectivity index is 1.70. The van der Waals surface area contributed by atoms with Gasteiger partial charge in [-0.2, -0.15) is 0 Å². The Morgan fingerprint density at radius 3 is 2.55 bits per heavy atom. The van der Waals surface area contributed by atoms with E-state index in [0.29, 0.717) is 19.0 Å². The number of hydrogen-bond acceptors (Lipinski definition) is 4. The zero-order valence-electron chi connectivity index (χ0n) is 18.6. The van der Waals surface area contributed by atoms with E-state index in [4.69, 9.17) is 14.5 Å². The molecule has 0 saturated heterocycles. The van der Waals surface area contributed by atoms with Crippen LogP contribution in [0.2, 0.25) is 0 Å². The Kier molecular flexibility index (Phi) is 9.03. The van der Waals surface area contributed by atoms with Crippen molar-refractivity contribution in [2.45, 2.75) is 51.2 Å². The molecule has 0 heterocycles. The second kappa shape index (κ2) is 12.2. The van der Waals surface area contributed by atoms with Gasteiger partial charge in [-0.15, -0.1) is 0 Å². The molecule has 3 rings (SSSR count). The van der Waals surface area contributed by atoms with Gasteiger partial charge in [-0.25, -0.2) is 4.99 Å². The molecule has 1 atom stereocenters. The summed E-state index contributed by atoms with van der Waals surface area (Å²) in [6, 6.07) is 16.0. The predicted octanol–water partition coefficient (Wildman–Crippen LogP) is 3.85. The highest BCUT2D eigenvalue weighted by atomic mass is 16.5. The fourth-order valence-corrected chi connectivity index (χ4v) is 3.89. The molecular weight excluding hydrogens is 390 g/mol. The Bertz CT molecular complexity index is 820. The van der Waals surface area contributed by atoms with Crippen molar-refractivity contribution >= 4 is 5.96 Å². The molecule has 2 aromatic rings. The number of para-hydroxylation sites is 1. The van der Waals surface area contributed by atoms with Crippen LogP contribution in [0.3, 0.4) is 0 Å². The fraction of sp³-hybridized carbons (Fsp3) is 0.480. The summed E-state index contributed by atoms with van der Waals surface area (Å²) >= 11 is 0. The quantitative estimate of drug-likeness (QED) is 0.398. The van der Waals surface area contributed by atoms with Crippen LogP contribution in [0.25, 0.3) is 0 Å². The summed E-state index contributed by atoms with van der Waals surface area (Å²) in [4.78, 5) is 4.77. The van der Waals surface area contributed by atoms with Crippen LogP contribution >= 0.6 is 0 Å². The van der Waals surface area contributed by atoms with Gasteiger partial charge in [-0.05, 0) is 44.2 Å². The van der Waals surface area contributed by atoms with Gasteiger partial charge in [0, 0.05) is 24.6 Å². The van der Waals surface area contributed by atoms with Gasteiger partial charge < -0.3 is 25.2 Å². The van der Waals surface area contributed by atoms with Crippen LogP contribution in [0.5, 0.6) is 11.5 Å². The lowest BCUT2D eigenvalue weighted by atomic mass is 10.0. The molecule has 1 fully saturated rings. The number of rotatable bonds is 10. The maximum atomic E-state index is 9.83. The smallest absolute Gasteiger partial charge is 0.191 e. The molecule has 3 N–H and O–H groups in total. The fourth-order valence-electron chi connectivity index (χ4n) is 3.89. The first-order valence-corrected chi connectivity index (χ1v) is 11.3. The zero-order valence-corrected chi connectivity index (χ0v) is 18.6. The number of methoxy groups -OCH3 is 1. The molecule has 1 unspecified atom stereocenters. The van der Waals surface area contributed by atoms with Gasteiger partial charge in [-0.1, -0.05) is 42.5 Å². The largest absolute Gasteiger partial charge is 0.493 e. The second-order valence-electron chi connectivity index (χ2n) is 7.84. The van der Waals surface area contributed by atoms with Crippen molar-refractivity contribution < 1.29 is 14.6 Å². The van der Waals surface area contributed by atoms with Crippen LogP contribution in [-0.2, 0) is 6.54 Å². The van der Waals surface area contributed by atoms with E-state index in [-0.39, 0.29) is 18.6 Å². The normalized spacial score (nSPS) is 15.5. The summed E-state index contributed by atoms with van der Waals surface area (Å²) in [5.74, 6) is 2.27. The highest BCUT2D eigenvalue weighted by molar-refractivity contribution is 5.79. The SMILES string of the molecule is CCNC(=NCc1cccc(OC)c1OC1CCCC1)NCC(CO)c1ccccc1. The van der Waals surface area contributed by atoms with Crippen LogP contribution < -0.4 is 20.1 Å². The molecule has 2 aromatic carbocycles. The summed E-state index contributed by atoms with van der Waals surface area (Å²) in [5.41, 5.74) is 2.11. The van der Waals surface area contributed by atoms with Crippen molar-refractivity contribution in [3.05, 3.63) is 59.7 Å². The van der Waals surface area contributed by atoms with E-state index in [1.165, 1.54) is 12.8 Å². The predicted molar refractivity (Wildman–Crippen MR) is 125 cm³/mol. The van der Waals surface area contributed by atoms with Crippen molar-refractivity contribution in [3.63, 3.8) is 0 Å². The average molecular weight is 426 g/mol. The number of aliphatic hydroxyl groups excluding tert-OH is 1. The number of ether oxygens (including phenoxy) is 2. The minimum Gasteiger partial charge on any atom is -0.493 e. The average Bonchev–Trinajstić information content (AvgIpc) is 3.32. The molecule has 0 radical (unpaired) electrons. The summed E-state index contributed by atoms with van der Waals surface area (Å²) in [6.07, 6.45) is 4.87. The van der Waals surface area contributed by atoms with Gasteiger partial charge in [0.2, 0.25) is 0 Å². The van der Waals surface area contributed by atoms with Gasteiger partial charge in [-0.3, -0.25) is 0 Å². The first kappa shape index (κ1) is 22.9. The van der Waals surface area contributed by atoms with Crippen molar-refractivity contribution in [2.75, 3.05) is 26.8 Å². The van der Waals surface area contributed by atoms with Crippen molar-refractivity contribution in [1.29, 1.82) is 0 Å². The lowest BCUT2D eigenvalue weighted by molar-refractivity contribution is 0.198. The van der Waals surface area contributed by atoms with E-state index in [0.717, 1.165) is 42.0 Å². The van der Waals surface area contributed by atoms with E-state index in [1.54, 1.807) is 7.11 Å². The Hall–Kier alpha value is -2.73. The highest BCUT2D eigenvalue weighted by Crippen LogP contribution is 2.35. The van der Waals surface area contributed by atoms with E-state index >= 15 is 0 Å². The van der Waals surface area contributed by atoms with Gasteiger partial charge >= 0.3 is 0 Å². The van der Waals surface area contributed by atoms with E-state index in [9.17, 15) is 5.11 Å². The lowest BCUT2D eigenvalue weighted by Crippen LogP contribution is -2.40. The van der Waals surface area contributed by atoms with Gasteiger partial charge in [0.25, 0.3) is 0 Å². The molecule has 1 saturated carbocycles. The van der Waals surface area contributed by atoms with Crippen LogP contribution in [0.1, 0.15) is 49.7 Å². The third-order valence-corrected chi connectivity index (χ3v) is 5.63. The lowest BCUT2D eigenvalue weighted by Gasteiger charge is -2.20. The molecule has 168 valence electrons. The third kappa shape index (κ3) is 6.62. The molecule has 6 nitrogen and oxygen atoms in total. The first-order chi connectivity index (χ1) is 15.2. The topological polar surface area (TPSA) is 75.1 Å². The van der Waals surface area contributed by atoms with Crippen LogP contribution in [-0.4, -0.2) is 44.0 Å². The maximum Gasteiger partial charge on any atom is 0.191 e. The van der Waals surface area contributed by atoms with E-state index in [1.807, 2.05) is 55.5 Å². The van der Waals surface area contributed by atoms with Crippen molar-refractivity contribution in [1.82, 2.24) is 10.6 Å². The highest BCUT2D eigenvalue weighted by Gasteiger charge is 2.20. The van der Waals surface area contributed by atoms with Crippen LogP contribution in [0, 0.1) is 0 Å². The molecule has 0 aliphatic heterocycles. The Morgan fingerprint density at radius 1 is 1.10 bits per heavy atom. The van der Waals surface area contributed by atoms with Gasteiger partial charge in [0.1, 0.15) is 0 Å². The first-order valence-electron chi connectivity index (χ1n) is 11.3. The number of guanidine groups is 1. The summed E-state index contributed by atoms with van der Waals surface area (Å²) in [5, 5.41) is 16.5. The Labute approximate surface area is 185 Å². The van der Waals surface area contributed by atoms with Gasteiger partial charge in [0.15, 0.2) is 17.5 Å². The number of benzene rings is 2. The molecule has 0 spiro atoms. The number of aliphatic imine (C=N–C) groups is 1. The number of nitrogens with one attached hydrogen (secondary N) is 2. The van der Waals surface area contributed by atoms with E-state index < -0.39 is 0 Å². The summed E-state index contributed by atoms with van der Waals surface area (Å²) in [7, 11) is 1.67. The standard InChI is InChI=1S/C25H35N3O3/c1-3-26-25(28-17-21(18-29)19-10-5-4-6-11-19)27-16-20-12-9-15-23(30-2)24(20)31-22-13-7-8-14-22/h4-6,9-12,15,21-22,29H,3,7-8,13-14,16-18H2,1-2H3,(H2,26,27,28). The molecule has 31 heavy (non-hydrogen) atoms. The molecular formula is C25H35N3O3. The number of nitrogens with zero attached hydrogens (tertiary/aromatic N) is 1. The molecule has 1 aliphatic carbocycles. The van der Waals surface area contributed by atoms with Crippen molar-refractivity contribution in [3.8, 4) is 11.5 Å². The minimum atomic E-state index is 0.00290. The van der Waals surface area contributed by atoms with Gasteiger partial charge in [0.05, 0.1) is 26.4 Å². The van der Waals surface area contributed by atoms with Crippen LogP contribution in [0.15, 0.2) is 53.5 Å². The minimum absolute atomic E-state index is 0.00290.